The first-order valence-corrected chi connectivity index (χ1v) is 11.0. The van der Waals surface area contributed by atoms with Crippen molar-refractivity contribution >= 4 is 21.6 Å². The van der Waals surface area contributed by atoms with Gasteiger partial charge in [0, 0.05) is 24.7 Å². The second-order valence-electron chi connectivity index (χ2n) is 6.56. The summed E-state index contributed by atoms with van der Waals surface area (Å²) in [5.74, 6) is 0.356. The molecular weight excluding hydrogens is 400 g/mol. The summed E-state index contributed by atoms with van der Waals surface area (Å²) in [6.45, 7) is 2.86. The van der Waals surface area contributed by atoms with Gasteiger partial charge in [-0.15, -0.1) is 0 Å². The van der Waals surface area contributed by atoms with Gasteiger partial charge in [0.1, 0.15) is 10.6 Å². The summed E-state index contributed by atoms with van der Waals surface area (Å²) in [5, 5.41) is 4.08. The summed E-state index contributed by atoms with van der Waals surface area (Å²) in [6, 6.07) is 13.1. The van der Waals surface area contributed by atoms with Crippen LogP contribution in [0.3, 0.4) is 0 Å². The van der Waals surface area contributed by atoms with E-state index in [4.69, 9.17) is 21.1 Å². The van der Waals surface area contributed by atoms with Gasteiger partial charge in [0.2, 0.25) is 10.0 Å². The highest BCUT2D eigenvalue weighted by molar-refractivity contribution is 7.89. The SMILES string of the molecule is COc1ccc(CNCCc2cccc(Cl)c2)cc1S(=O)(=O)N1CCOCC1. The van der Waals surface area contributed by atoms with E-state index in [-0.39, 0.29) is 4.90 Å². The average molecular weight is 425 g/mol. The molecule has 1 N–H and O–H groups in total. The Balaban J connectivity index is 1.66. The van der Waals surface area contributed by atoms with E-state index < -0.39 is 10.0 Å². The molecule has 6 nitrogen and oxygen atoms in total. The van der Waals surface area contributed by atoms with Crippen LogP contribution in [0.15, 0.2) is 47.4 Å². The number of halogens is 1. The Morgan fingerprint density at radius 1 is 1.14 bits per heavy atom. The lowest BCUT2D eigenvalue weighted by molar-refractivity contribution is 0.0729. The van der Waals surface area contributed by atoms with Crippen LogP contribution in [-0.2, 0) is 27.7 Å². The minimum Gasteiger partial charge on any atom is -0.495 e. The fourth-order valence-electron chi connectivity index (χ4n) is 3.12. The third-order valence-corrected chi connectivity index (χ3v) is 6.78. The van der Waals surface area contributed by atoms with Gasteiger partial charge in [0.15, 0.2) is 0 Å². The van der Waals surface area contributed by atoms with Crippen molar-refractivity contribution in [1.29, 1.82) is 0 Å². The Hall–Kier alpha value is -1.64. The van der Waals surface area contributed by atoms with E-state index >= 15 is 0 Å². The smallest absolute Gasteiger partial charge is 0.246 e. The summed E-state index contributed by atoms with van der Waals surface area (Å²) in [5.41, 5.74) is 2.05. The van der Waals surface area contributed by atoms with E-state index in [1.165, 1.54) is 11.4 Å². The van der Waals surface area contributed by atoms with Crippen LogP contribution in [0.4, 0.5) is 0 Å². The second-order valence-corrected chi connectivity index (χ2v) is 8.90. The molecule has 2 aromatic carbocycles. The van der Waals surface area contributed by atoms with Crippen LogP contribution in [0.5, 0.6) is 5.75 Å². The van der Waals surface area contributed by atoms with Crippen molar-refractivity contribution in [2.24, 2.45) is 0 Å². The monoisotopic (exact) mass is 424 g/mol. The molecule has 1 aliphatic heterocycles. The van der Waals surface area contributed by atoms with Crippen molar-refractivity contribution in [2.75, 3.05) is 40.0 Å². The first kappa shape index (κ1) is 21.1. The molecule has 3 rings (SSSR count). The maximum Gasteiger partial charge on any atom is 0.246 e. The van der Waals surface area contributed by atoms with Gasteiger partial charge in [-0.1, -0.05) is 29.8 Å². The van der Waals surface area contributed by atoms with Gasteiger partial charge in [-0.25, -0.2) is 8.42 Å². The van der Waals surface area contributed by atoms with Gasteiger partial charge >= 0.3 is 0 Å². The van der Waals surface area contributed by atoms with Crippen LogP contribution in [0.2, 0.25) is 5.02 Å². The lowest BCUT2D eigenvalue weighted by Gasteiger charge is -2.26. The van der Waals surface area contributed by atoms with Crippen molar-refractivity contribution in [3.63, 3.8) is 0 Å². The third-order valence-electron chi connectivity index (χ3n) is 4.62. The quantitative estimate of drug-likeness (QED) is 0.660. The Labute approximate surface area is 171 Å². The zero-order chi connectivity index (χ0) is 20.0. The fourth-order valence-corrected chi connectivity index (χ4v) is 4.94. The van der Waals surface area contributed by atoms with Gasteiger partial charge in [-0.3, -0.25) is 0 Å². The van der Waals surface area contributed by atoms with Crippen molar-refractivity contribution in [3.8, 4) is 5.75 Å². The third kappa shape index (κ3) is 5.24. The molecule has 1 heterocycles. The number of morpholine rings is 1. The number of nitrogens with one attached hydrogen (secondary N) is 1. The number of hydrogen-bond donors (Lipinski definition) is 1. The van der Waals surface area contributed by atoms with Crippen LogP contribution in [0.1, 0.15) is 11.1 Å². The van der Waals surface area contributed by atoms with Crippen LogP contribution in [-0.4, -0.2) is 52.7 Å². The molecule has 1 saturated heterocycles. The first-order chi connectivity index (χ1) is 13.5. The fraction of sp³-hybridized carbons (Fsp3) is 0.400. The lowest BCUT2D eigenvalue weighted by Crippen LogP contribution is -2.40. The number of benzene rings is 2. The molecule has 0 saturated carbocycles. The maximum absolute atomic E-state index is 13.0. The topological polar surface area (TPSA) is 67.9 Å². The molecule has 1 aliphatic rings. The predicted molar refractivity (Wildman–Crippen MR) is 109 cm³/mol. The average Bonchev–Trinajstić information content (AvgIpc) is 2.72. The standard InChI is InChI=1S/C20H25ClN2O4S/c1-26-19-6-5-17(15-22-8-7-16-3-2-4-18(21)13-16)14-20(19)28(24,25)23-9-11-27-12-10-23/h2-6,13-14,22H,7-12,15H2,1H3. The second kappa shape index (κ2) is 9.71. The number of hydrogen-bond acceptors (Lipinski definition) is 5. The van der Waals surface area contributed by atoms with Gasteiger partial charge in [-0.05, 0) is 48.4 Å². The molecule has 0 atom stereocenters. The summed E-state index contributed by atoms with van der Waals surface area (Å²) in [7, 11) is -2.14. The van der Waals surface area contributed by atoms with Crippen molar-refractivity contribution < 1.29 is 17.9 Å². The molecule has 8 heteroatoms. The summed E-state index contributed by atoms with van der Waals surface area (Å²) in [6.07, 6.45) is 0.843. The molecule has 28 heavy (non-hydrogen) atoms. The molecule has 0 spiro atoms. The molecule has 0 unspecified atom stereocenters. The van der Waals surface area contributed by atoms with Crippen molar-refractivity contribution in [3.05, 3.63) is 58.6 Å². The molecule has 0 amide bonds. The van der Waals surface area contributed by atoms with E-state index in [9.17, 15) is 8.42 Å². The highest BCUT2D eigenvalue weighted by Crippen LogP contribution is 2.28. The molecule has 2 aromatic rings. The minimum atomic E-state index is -3.62. The number of methoxy groups -OCH3 is 1. The van der Waals surface area contributed by atoms with Gasteiger partial charge in [-0.2, -0.15) is 4.31 Å². The summed E-state index contributed by atoms with van der Waals surface area (Å²) >= 11 is 6.01. The number of nitrogens with zero attached hydrogens (tertiary/aromatic N) is 1. The molecular formula is C20H25ClN2O4S. The van der Waals surface area contributed by atoms with E-state index in [1.54, 1.807) is 12.1 Å². The highest BCUT2D eigenvalue weighted by Gasteiger charge is 2.29. The summed E-state index contributed by atoms with van der Waals surface area (Å²) in [4.78, 5) is 0.200. The number of ether oxygens (including phenoxy) is 2. The lowest BCUT2D eigenvalue weighted by atomic mass is 10.1. The Morgan fingerprint density at radius 2 is 1.93 bits per heavy atom. The highest BCUT2D eigenvalue weighted by atomic mass is 35.5. The van der Waals surface area contributed by atoms with E-state index in [0.717, 1.165) is 29.1 Å². The Bertz CT molecular complexity index is 899. The van der Waals surface area contributed by atoms with Crippen molar-refractivity contribution in [1.82, 2.24) is 9.62 Å². The minimum absolute atomic E-state index is 0.200. The van der Waals surface area contributed by atoms with Crippen LogP contribution in [0.25, 0.3) is 0 Å². The Kier molecular flexibility index (Phi) is 7.31. The molecule has 0 bridgehead atoms. The van der Waals surface area contributed by atoms with Crippen LogP contribution in [0, 0.1) is 0 Å². The molecule has 1 fully saturated rings. The summed E-state index contributed by atoms with van der Waals surface area (Å²) < 4.78 is 38.1. The van der Waals surface area contributed by atoms with Crippen LogP contribution >= 0.6 is 11.6 Å². The van der Waals surface area contributed by atoms with Crippen molar-refractivity contribution in [2.45, 2.75) is 17.9 Å². The predicted octanol–water partition coefficient (Wildman–Crippen LogP) is 2.70. The molecule has 152 valence electrons. The van der Waals surface area contributed by atoms with Gasteiger partial charge in [0.25, 0.3) is 0 Å². The molecule has 0 aliphatic carbocycles. The largest absolute Gasteiger partial charge is 0.495 e. The molecule has 0 aromatic heterocycles. The first-order valence-electron chi connectivity index (χ1n) is 9.20. The maximum atomic E-state index is 13.0. The van der Waals surface area contributed by atoms with E-state index in [1.807, 2.05) is 30.3 Å². The van der Waals surface area contributed by atoms with E-state index in [2.05, 4.69) is 5.32 Å². The molecule has 0 radical (unpaired) electrons. The van der Waals surface area contributed by atoms with E-state index in [0.29, 0.717) is 38.6 Å². The Morgan fingerprint density at radius 3 is 2.64 bits per heavy atom. The van der Waals surface area contributed by atoms with Gasteiger partial charge < -0.3 is 14.8 Å². The zero-order valence-corrected chi connectivity index (χ0v) is 17.4. The number of rotatable bonds is 8. The van der Waals surface area contributed by atoms with Gasteiger partial charge in [0.05, 0.1) is 20.3 Å². The normalized spacial score (nSPS) is 15.5. The van der Waals surface area contributed by atoms with Crippen LogP contribution < -0.4 is 10.1 Å². The number of sulfonamides is 1. The zero-order valence-electron chi connectivity index (χ0n) is 15.9.